The molecule has 2 aliphatic heterocycles. The lowest BCUT2D eigenvalue weighted by molar-refractivity contribution is 0.0451. The van der Waals surface area contributed by atoms with Gasteiger partial charge in [-0.05, 0) is 132 Å². The zero-order valence-electron chi connectivity index (χ0n) is 31.4. The highest BCUT2D eigenvalue weighted by Gasteiger charge is 2.57. The van der Waals surface area contributed by atoms with Crippen LogP contribution in [0.4, 0.5) is 0 Å². The highest BCUT2D eigenvalue weighted by Crippen LogP contribution is 2.49. The molecule has 0 saturated heterocycles. The number of carbonyl (C=O) groups excluding carboxylic acids is 3. The van der Waals surface area contributed by atoms with Crippen molar-refractivity contribution >= 4 is 23.4 Å². The van der Waals surface area contributed by atoms with Crippen LogP contribution in [0.2, 0.25) is 0 Å². The minimum Gasteiger partial charge on any atom is -0.508 e. The van der Waals surface area contributed by atoms with E-state index in [2.05, 4.69) is 0 Å². The number of allylic oxidation sites excluding steroid dienone is 7. The number of phenols is 5. The fourth-order valence-electron chi connectivity index (χ4n) is 6.57. The summed E-state index contributed by atoms with van der Waals surface area (Å²) in [5.41, 5.74) is 1.38. The predicted molar refractivity (Wildman–Crippen MR) is 207 cm³/mol. The summed E-state index contributed by atoms with van der Waals surface area (Å²) < 4.78 is 12.5. The smallest absolute Gasteiger partial charge is 0.259 e. The van der Waals surface area contributed by atoms with Gasteiger partial charge in [-0.3, -0.25) is 14.4 Å². The quantitative estimate of drug-likeness (QED) is 0.0348. The van der Waals surface area contributed by atoms with Crippen LogP contribution < -0.4 is 9.47 Å². The molecule has 6 rings (SSSR count). The predicted octanol–water partition coefficient (Wildman–Crippen LogP) is 8.71. The molecule has 0 aliphatic carbocycles. The Hall–Kier alpha value is -6.55. The first-order chi connectivity index (χ1) is 26.0. The van der Waals surface area contributed by atoms with Gasteiger partial charge >= 0.3 is 0 Å². The number of ketones is 3. The molecule has 4 aromatic carbocycles. The molecule has 0 unspecified atom stereocenters. The van der Waals surface area contributed by atoms with E-state index in [9.17, 15) is 35.1 Å². The number of Topliss-reactive ketones (excluding diaryl/α,β-unsaturated/α-hetero) is 3. The molecular formula is C45H42O10. The largest absolute Gasteiger partial charge is 0.508 e. The number of fused-ring (bicyclic) bond motifs is 2. The van der Waals surface area contributed by atoms with Crippen molar-refractivity contribution in [3.05, 3.63) is 140 Å². The number of hydrogen-bond donors (Lipinski definition) is 5. The van der Waals surface area contributed by atoms with Crippen LogP contribution in [0.25, 0.3) is 6.08 Å². The molecule has 0 amide bonds. The van der Waals surface area contributed by atoms with Crippen LogP contribution in [0.5, 0.6) is 40.2 Å². The van der Waals surface area contributed by atoms with Crippen LogP contribution in [0.15, 0.2) is 95.3 Å². The van der Waals surface area contributed by atoms with Gasteiger partial charge in [0, 0.05) is 22.8 Å². The Morgan fingerprint density at radius 2 is 1.25 bits per heavy atom. The zero-order chi connectivity index (χ0) is 39.9. The van der Waals surface area contributed by atoms with Crippen molar-refractivity contribution in [2.75, 3.05) is 0 Å². The van der Waals surface area contributed by atoms with Crippen molar-refractivity contribution in [2.24, 2.45) is 0 Å². The monoisotopic (exact) mass is 742 g/mol. The fraction of sp³-hybridized carbons (Fsp3) is 0.222. The number of benzene rings is 4. The lowest BCUT2D eigenvalue weighted by atomic mass is 9.78. The molecule has 10 heteroatoms. The molecule has 0 saturated carbocycles. The van der Waals surface area contributed by atoms with E-state index < -0.39 is 34.4 Å². The highest BCUT2D eigenvalue weighted by molar-refractivity contribution is 6.26. The van der Waals surface area contributed by atoms with Gasteiger partial charge < -0.3 is 35.0 Å². The minimum absolute atomic E-state index is 0.0157. The fourth-order valence-corrected chi connectivity index (χ4v) is 6.57. The summed E-state index contributed by atoms with van der Waals surface area (Å²) in [6.45, 7) is 11.4. The second kappa shape index (κ2) is 14.7. The Bertz CT molecular complexity index is 2410. The van der Waals surface area contributed by atoms with E-state index in [4.69, 9.17) is 9.47 Å². The molecule has 2 heterocycles. The van der Waals surface area contributed by atoms with Crippen molar-refractivity contribution in [1.29, 1.82) is 0 Å². The summed E-state index contributed by atoms with van der Waals surface area (Å²) in [6.07, 6.45) is 7.68. The molecule has 0 aromatic heterocycles. The van der Waals surface area contributed by atoms with Gasteiger partial charge in [-0.25, -0.2) is 0 Å². The maximum absolute atomic E-state index is 15.1. The van der Waals surface area contributed by atoms with Gasteiger partial charge in [0.05, 0.1) is 11.1 Å². The maximum atomic E-state index is 15.1. The number of aromatic hydroxyl groups is 5. The lowest BCUT2D eigenvalue weighted by Crippen LogP contribution is -2.46. The summed E-state index contributed by atoms with van der Waals surface area (Å²) >= 11 is 0. The Morgan fingerprint density at radius 3 is 1.91 bits per heavy atom. The van der Waals surface area contributed by atoms with Gasteiger partial charge in [0.1, 0.15) is 28.7 Å². The van der Waals surface area contributed by atoms with Crippen LogP contribution in [0.3, 0.4) is 0 Å². The molecule has 1 atom stereocenters. The summed E-state index contributed by atoms with van der Waals surface area (Å²) in [7, 11) is 0. The third-order valence-electron chi connectivity index (χ3n) is 9.57. The highest BCUT2D eigenvalue weighted by atomic mass is 16.5. The molecule has 0 fully saturated rings. The summed E-state index contributed by atoms with van der Waals surface area (Å²) in [5.74, 6) is -4.12. The maximum Gasteiger partial charge on any atom is 0.259 e. The zero-order valence-corrected chi connectivity index (χ0v) is 31.4. The minimum atomic E-state index is -2.56. The van der Waals surface area contributed by atoms with E-state index in [1.54, 1.807) is 0 Å². The van der Waals surface area contributed by atoms with Crippen LogP contribution in [0, 0.1) is 0 Å². The number of rotatable bonds is 10. The number of phenolic OH excluding ortho intramolecular Hbond substituents is 5. The van der Waals surface area contributed by atoms with E-state index in [-0.39, 0.29) is 81.6 Å². The number of ether oxygens (including phenoxy) is 2. The van der Waals surface area contributed by atoms with Crippen molar-refractivity contribution in [1.82, 2.24) is 0 Å². The van der Waals surface area contributed by atoms with Crippen molar-refractivity contribution in [3.8, 4) is 40.2 Å². The molecule has 282 valence electrons. The summed E-state index contributed by atoms with van der Waals surface area (Å²) in [4.78, 5) is 43.8. The lowest BCUT2D eigenvalue weighted by Gasteiger charge is -2.28. The summed E-state index contributed by atoms with van der Waals surface area (Å²) in [6, 6.07) is 11.8. The van der Waals surface area contributed by atoms with Gasteiger partial charge in [0.15, 0.2) is 17.3 Å². The molecule has 55 heavy (non-hydrogen) atoms. The van der Waals surface area contributed by atoms with Crippen LogP contribution >= 0.6 is 0 Å². The first kappa shape index (κ1) is 38.2. The Kier molecular flexibility index (Phi) is 10.2. The van der Waals surface area contributed by atoms with Gasteiger partial charge in [0.2, 0.25) is 17.3 Å². The molecule has 0 bridgehead atoms. The van der Waals surface area contributed by atoms with Crippen LogP contribution in [0.1, 0.15) is 100 Å². The molecule has 0 radical (unpaired) electrons. The standard InChI is InChI=1S/C45H42O10/c1-23(2)7-10-26-17-28(12-15-34(26)46)43(52)45(44(53)32-18-27(11-8-24(3)4)36(48)22-39(32)55-45)33-21-38(50)37(49)19-29(33)20-40-41(51)31-14-16-35(47)30(42(31)54-40)13-9-25(5)6/h7-9,12,14-22,46-50H,10-11,13H2,1-6H3/b40-20+/t45-/m1/s1. The van der Waals surface area contributed by atoms with Crippen molar-refractivity contribution in [2.45, 2.75) is 66.4 Å². The third-order valence-corrected chi connectivity index (χ3v) is 9.57. The Balaban J connectivity index is 1.57. The van der Waals surface area contributed by atoms with Crippen molar-refractivity contribution < 1.29 is 49.4 Å². The molecule has 5 N–H and O–H groups in total. The Morgan fingerprint density at radius 1 is 0.655 bits per heavy atom. The second-order valence-corrected chi connectivity index (χ2v) is 14.5. The van der Waals surface area contributed by atoms with E-state index in [1.165, 1.54) is 48.5 Å². The average Bonchev–Trinajstić information content (AvgIpc) is 3.59. The molecular weight excluding hydrogens is 700 g/mol. The van der Waals surface area contributed by atoms with Crippen LogP contribution in [-0.2, 0) is 24.9 Å². The van der Waals surface area contributed by atoms with E-state index in [0.29, 0.717) is 16.7 Å². The van der Waals surface area contributed by atoms with Crippen LogP contribution in [-0.4, -0.2) is 42.9 Å². The first-order valence-corrected chi connectivity index (χ1v) is 17.7. The van der Waals surface area contributed by atoms with Crippen molar-refractivity contribution in [3.63, 3.8) is 0 Å². The topological polar surface area (TPSA) is 171 Å². The first-order valence-electron chi connectivity index (χ1n) is 17.7. The molecule has 4 aromatic rings. The number of carbonyl (C=O) groups is 3. The Labute approximate surface area is 318 Å². The van der Waals surface area contributed by atoms with E-state index >= 15 is 4.79 Å². The van der Waals surface area contributed by atoms with E-state index in [1.807, 2.05) is 59.8 Å². The summed E-state index contributed by atoms with van der Waals surface area (Å²) in [5, 5.41) is 54.1. The van der Waals surface area contributed by atoms with Gasteiger partial charge in [-0.1, -0.05) is 34.9 Å². The van der Waals surface area contributed by atoms with E-state index in [0.717, 1.165) is 28.9 Å². The van der Waals surface area contributed by atoms with Gasteiger partial charge in [0.25, 0.3) is 5.60 Å². The van der Waals surface area contributed by atoms with Gasteiger partial charge in [-0.15, -0.1) is 0 Å². The van der Waals surface area contributed by atoms with Gasteiger partial charge in [-0.2, -0.15) is 0 Å². The third kappa shape index (κ3) is 7.11. The normalized spacial score (nSPS) is 16.2. The molecule has 10 nitrogen and oxygen atoms in total. The molecule has 2 aliphatic rings. The average molecular weight is 743 g/mol. The second-order valence-electron chi connectivity index (χ2n) is 14.5. The SMILES string of the molecule is CC(C)=CCc1cc(C(=O)[C@@]2(c3cc(O)c(O)cc3/C=C3/Oc4c(ccc(O)c4CC=C(C)C)C3=O)Oc3cc(O)c(CC=C(C)C)cc3C2=O)ccc1O. The number of hydrogen-bond acceptors (Lipinski definition) is 10. The molecule has 0 spiro atoms.